The third-order valence-electron chi connectivity index (χ3n) is 2.83. The molecule has 0 aromatic carbocycles. The summed E-state index contributed by atoms with van der Waals surface area (Å²) in [7, 11) is 0. The van der Waals surface area contributed by atoms with Crippen LogP contribution >= 0.6 is 0 Å². The van der Waals surface area contributed by atoms with Crippen molar-refractivity contribution in [3.63, 3.8) is 0 Å². The molecule has 1 amide bonds. The van der Waals surface area contributed by atoms with Crippen LogP contribution in [0.15, 0.2) is 0 Å². The number of likely N-dealkylation sites (tertiary alicyclic amines) is 1. The van der Waals surface area contributed by atoms with Crippen molar-refractivity contribution in [1.82, 2.24) is 15.1 Å². The summed E-state index contributed by atoms with van der Waals surface area (Å²) >= 11 is 0. The highest BCUT2D eigenvalue weighted by Gasteiger charge is 2.24. The zero-order chi connectivity index (χ0) is 10.8. The fourth-order valence-corrected chi connectivity index (χ4v) is 1.89. The van der Waals surface area contributed by atoms with Gasteiger partial charge in [0.05, 0.1) is 11.4 Å². The molecule has 0 atom stereocenters. The summed E-state index contributed by atoms with van der Waals surface area (Å²) in [6.07, 6.45) is 2.93. The molecule has 0 bridgehead atoms. The Balaban J connectivity index is 2.21. The molecular formula is C10H16N4O. The average molecular weight is 208 g/mol. The monoisotopic (exact) mass is 208 g/mol. The standard InChI is InChI=1S/C10H16N4O/c1-2-7-8(11)9(13-12-7)10(15)14-5-3-4-6-14/h2-6,11H2,1H3,(H,12,13). The lowest BCUT2D eigenvalue weighted by molar-refractivity contribution is 0.0788. The average Bonchev–Trinajstić information content (AvgIpc) is 2.85. The van der Waals surface area contributed by atoms with Gasteiger partial charge in [0.15, 0.2) is 5.69 Å². The highest BCUT2D eigenvalue weighted by molar-refractivity contribution is 5.97. The first-order valence-electron chi connectivity index (χ1n) is 5.36. The van der Waals surface area contributed by atoms with Gasteiger partial charge in [-0.05, 0) is 19.3 Å². The predicted molar refractivity (Wildman–Crippen MR) is 57.5 cm³/mol. The molecule has 5 nitrogen and oxygen atoms in total. The van der Waals surface area contributed by atoms with E-state index in [0.29, 0.717) is 11.4 Å². The van der Waals surface area contributed by atoms with Gasteiger partial charge in [-0.15, -0.1) is 0 Å². The van der Waals surface area contributed by atoms with Gasteiger partial charge < -0.3 is 10.6 Å². The number of aromatic amines is 1. The maximum atomic E-state index is 12.0. The van der Waals surface area contributed by atoms with E-state index in [0.717, 1.165) is 38.0 Å². The number of nitrogens with two attached hydrogens (primary N) is 1. The van der Waals surface area contributed by atoms with E-state index < -0.39 is 0 Å². The second kappa shape index (κ2) is 3.92. The van der Waals surface area contributed by atoms with Crippen LogP contribution in [0, 0.1) is 0 Å². The minimum absolute atomic E-state index is 0.0408. The predicted octanol–water partition coefficient (Wildman–Crippen LogP) is 0.790. The fourth-order valence-electron chi connectivity index (χ4n) is 1.89. The highest BCUT2D eigenvalue weighted by Crippen LogP contribution is 2.18. The molecule has 15 heavy (non-hydrogen) atoms. The van der Waals surface area contributed by atoms with E-state index in [1.54, 1.807) is 0 Å². The lowest BCUT2D eigenvalue weighted by Gasteiger charge is -2.13. The molecule has 1 aliphatic rings. The van der Waals surface area contributed by atoms with E-state index in [-0.39, 0.29) is 5.91 Å². The number of H-pyrrole nitrogens is 1. The smallest absolute Gasteiger partial charge is 0.276 e. The Labute approximate surface area is 88.6 Å². The summed E-state index contributed by atoms with van der Waals surface area (Å²) in [4.78, 5) is 13.8. The van der Waals surface area contributed by atoms with E-state index in [2.05, 4.69) is 10.2 Å². The molecule has 5 heteroatoms. The van der Waals surface area contributed by atoms with Crippen LogP contribution in [0.3, 0.4) is 0 Å². The van der Waals surface area contributed by atoms with Gasteiger partial charge in [0, 0.05) is 13.1 Å². The Hall–Kier alpha value is -1.52. The number of anilines is 1. The van der Waals surface area contributed by atoms with Crippen molar-refractivity contribution < 1.29 is 4.79 Å². The van der Waals surface area contributed by atoms with E-state index in [9.17, 15) is 4.79 Å². The van der Waals surface area contributed by atoms with Crippen LogP contribution in [0.2, 0.25) is 0 Å². The summed E-state index contributed by atoms with van der Waals surface area (Å²) in [6, 6.07) is 0. The van der Waals surface area contributed by atoms with Crippen LogP contribution in [-0.2, 0) is 6.42 Å². The Morgan fingerprint density at radius 1 is 1.53 bits per heavy atom. The van der Waals surface area contributed by atoms with Crippen molar-refractivity contribution in [1.29, 1.82) is 0 Å². The molecule has 1 aromatic rings. The highest BCUT2D eigenvalue weighted by atomic mass is 16.2. The summed E-state index contributed by atoms with van der Waals surface area (Å²) in [5, 5.41) is 6.80. The lowest BCUT2D eigenvalue weighted by atomic mass is 10.2. The van der Waals surface area contributed by atoms with Crippen LogP contribution in [0.1, 0.15) is 35.9 Å². The molecule has 1 aliphatic heterocycles. The Kier molecular flexibility index (Phi) is 2.62. The number of hydrogen-bond acceptors (Lipinski definition) is 3. The van der Waals surface area contributed by atoms with Crippen molar-refractivity contribution in [2.75, 3.05) is 18.8 Å². The molecule has 1 saturated heterocycles. The van der Waals surface area contributed by atoms with Gasteiger partial charge in [0.1, 0.15) is 0 Å². The molecule has 0 saturated carbocycles. The Bertz CT molecular complexity index is 365. The molecule has 3 N–H and O–H groups in total. The number of carbonyl (C=O) groups excluding carboxylic acids is 1. The largest absolute Gasteiger partial charge is 0.395 e. The van der Waals surface area contributed by atoms with Crippen LogP contribution < -0.4 is 5.73 Å². The number of carbonyl (C=O) groups is 1. The number of nitrogens with zero attached hydrogens (tertiary/aromatic N) is 2. The quantitative estimate of drug-likeness (QED) is 0.754. The summed E-state index contributed by atoms with van der Waals surface area (Å²) < 4.78 is 0. The topological polar surface area (TPSA) is 75.0 Å². The summed E-state index contributed by atoms with van der Waals surface area (Å²) in [5.41, 5.74) is 7.58. The van der Waals surface area contributed by atoms with Crippen LogP contribution in [0.4, 0.5) is 5.69 Å². The molecule has 0 aliphatic carbocycles. The van der Waals surface area contributed by atoms with Crippen LogP contribution in [-0.4, -0.2) is 34.1 Å². The van der Waals surface area contributed by atoms with E-state index in [1.807, 2.05) is 11.8 Å². The third kappa shape index (κ3) is 1.69. The lowest BCUT2D eigenvalue weighted by Crippen LogP contribution is -2.28. The van der Waals surface area contributed by atoms with Crippen molar-refractivity contribution in [3.05, 3.63) is 11.4 Å². The van der Waals surface area contributed by atoms with E-state index in [1.165, 1.54) is 0 Å². The number of nitrogen functional groups attached to an aromatic ring is 1. The number of aromatic nitrogens is 2. The normalized spacial score (nSPS) is 15.9. The third-order valence-corrected chi connectivity index (χ3v) is 2.83. The first-order chi connectivity index (χ1) is 7.24. The minimum Gasteiger partial charge on any atom is -0.395 e. The maximum absolute atomic E-state index is 12.0. The van der Waals surface area contributed by atoms with Gasteiger partial charge in [-0.3, -0.25) is 9.89 Å². The first kappa shape index (κ1) is 10.0. The van der Waals surface area contributed by atoms with Crippen LogP contribution in [0.5, 0.6) is 0 Å². The Morgan fingerprint density at radius 3 is 2.73 bits per heavy atom. The molecular weight excluding hydrogens is 192 g/mol. The van der Waals surface area contributed by atoms with Crippen molar-refractivity contribution in [2.45, 2.75) is 26.2 Å². The van der Waals surface area contributed by atoms with Crippen molar-refractivity contribution >= 4 is 11.6 Å². The van der Waals surface area contributed by atoms with E-state index >= 15 is 0 Å². The molecule has 0 radical (unpaired) electrons. The van der Waals surface area contributed by atoms with E-state index in [4.69, 9.17) is 5.73 Å². The molecule has 1 aromatic heterocycles. The second-order valence-electron chi connectivity index (χ2n) is 3.82. The number of amides is 1. The molecule has 0 spiro atoms. The first-order valence-corrected chi connectivity index (χ1v) is 5.36. The van der Waals surface area contributed by atoms with Crippen LogP contribution in [0.25, 0.3) is 0 Å². The maximum Gasteiger partial charge on any atom is 0.276 e. The zero-order valence-electron chi connectivity index (χ0n) is 8.92. The number of hydrogen-bond donors (Lipinski definition) is 2. The van der Waals surface area contributed by atoms with Gasteiger partial charge >= 0.3 is 0 Å². The van der Waals surface area contributed by atoms with Gasteiger partial charge in [-0.25, -0.2) is 0 Å². The fraction of sp³-hybridized carbons (Fsp3) is 0.600. The number of nitrogens with one attached hydrogen (secondary N) is 1. The molecule has 2 heterocycles. The van der Waals surface area contributed by atoms with Gasteiger partial charge in [0.25, 0.3) is 5.91 Å². The minimum atomic E-state index is -0.0408. The number of rotatable bonds is 2. The van der Waals surface area contributed by atoms with Gasteiger partial charge in [0.2, 0.25) is 0 Å². The molecule has 1 fully saturated rings. The SMILES string of the molecule is CCc1[nH]nc(C(=O)N2CCCC2)c1N. The van der Waals surface area contributed by atoms with Gasteiger partial charge in [-0.1, -0.05) is 6.92 Å². The van der Waals surface area contributed by atoms with Gasteiger partial charge in [-0.2, -0.15) is 5.10 Å². The zero-order valence-corrected chi connectivity index (χ0v) is 8.92. The summed E-state index contributed by atoms with van der Waals surface area (Å²) in [6.45, 7) is 3.63. The van der Waals surface area contributed by atoms with Crippen molar-refractivity contribution in [3.8, 4) is 0 Å². The molecule has 2 rings (SSSR count). The number of aryl methyl sites for hydroxylation is 1. The second-order valence-corrected chi connectivity index (χ2v) is 3.82. The molecule has 0 unspecified atom stereocenters. The molecule has 82 valence electrons. The Morgan fingerprint density at radius 2 is 2.20 bits per heavy atom. The summed E-state index contributed by atoms with van der Waals surface area (Å²) in [5.74, 6) is -0.0408. The van der Waals surface area contributed by atoms with Crippen molar-refractivity contribution in [2.24, 2.45) is 0 Å².